The van der Waals surface area contributed by atoms with Gasteiger partial charge in [-0.2, -0.15) is 0 Å². The number of rotatable bonds is 3. The average molecular weight is 242 g/mol. The van der Waals surface area contributed by atoms with Crippen LogP contribution < -0.4 is 10.2 Å². The summed E-state index contributed by atoms with van der Waals surface area (Å²) in [6.07, 6.45) is 4.44. The van der Waals surface area contributed by atoms with E-state index in [2.05, 4.69) is 44.5 Å². The molecule has 4 heteroatoms. The van der Waals surface area contributed by atoms with Crippen LogP contribution in [0.2, 0.25) is 0 Å². The fraction of sp³-hybridized carbons (Fsp3) is 0.357. The summed E-state index contributed by atoms with van der Waals surface area (Å²) in [5, 5.41) is 3.26. The minimum Gasteiger partial charge on any atom is -0.372 e. The van der Waals surface area contributed by atoms with Crippen molar-refractivity contribution in [1.29, 1.82) is 0 Å². The first-order valence-corrected chi connectivity index (χ1v) is 6.45. The zero-order chi connectivity index (χ0) is 12.4. The summed E-state index contributed by atoms with van der Waals surface area (Å²) in [6, 6.07) is 8.55. The molecule has 0 atom stereocenters. The van der Waals surface area contributed by atoms with Gasteiger partial charge in [-0.15, -0.1) is 0 Å². The summed E-state index contributed by atoms with van der Waals surface area (Å²) in [7, 11) is 0. The molecular weight excluding hydrogens is 224 g/mol. The number of imidazole rings is 1. The molecule has 4 nitrogen and oxygen atoms in total. The molecule has 2 aromatic rings. The summed E-state index contributed by atoms with van der Waals surface area (Å²) < 4.78 is 0. The maximum absolute atomic E-state index is 4.23. The van der Waals surface area contributed by atoms with Crippen LogP contribution in [0.15, 0.2) is 30.5 Å². The van der Waals surface area contributed by atoms with Gasteiger partial charge in [0.2, 0.25) is 5.95 Å². The number of nitrogens with zero attached hydrogens (tertiary/aromatic N) is 2. The standard InChI is InChI=1S/C14H18N4/c1-11-10-15-14(16-11)17-12-4-6-13(7-5-12)18-8-2-3-9-18/h4-7,10H,2-3,8-9H2,1H3,(H2,15,16,17). The second kappa shape index (κ2) is 4.72. The fourth-order valence-electron chi connectivity index (χ4n) is 2.34. The third kappa shape index (κ3) is 2.32. The van der Waals surface area contributed by atoms with E-state index in [1.54, 1.807) is 0 Å². The zero-order valence-corrected chi connectivity index (χ0v) is 10.6. The van der Waals surface area contributed by atoms with Gasteiger partial charge < -0.3 is 15.2 Å². The summed E-state index contributed by atoms with van der Waals surface area (Å²) in [5.41, 5.74) is 3.44. The van der Waals surface area contributed by atoms with E-state index in [0.29, 0.717) is 0 Å². The Balaban J connectivity index is 1.70. The largest absolute Gasteiger partial charge is 0.372 e. The van der Waals surface area contributed by atoms with Gasteiger partial charge >= 0.3 is 0 Å². The highest BCUT2D eigenvalue weighted by Gasteiger charge is 2.11. The van der Waals surface area contributed by atoms with Gasteiger partial charge in [-0.05, 0) is 44.0 Å². The van der Waals surface area contributed by atoms with E-state index in [9.17, 15) is 0 Å². The normalized spacial score (nSPS) is 15.1. The van der Waals surface area contributed by atoms with E-state index in [4.69, 9.17) is 0 Å². The van der Waals surface area contributed by atoms with Crippen LogP contribution in [0.4, 0.5) is 17.3 Å². The molecular formula is C14H18N4. The third-order valence-electron chi connectivity index (χ3n) is 3.30. The molecule has 1 aliphatic heterocycles. The lowest BCUT2D eigenvalue weighted by molar-refractivity contribution is 0.949. The van der Waals surface area contributed by atoms with Crippen LogP contribution in [-0.4, -0.2) is 23.1 Å². The minimum absolute atomic E-state index is 0.793. The number of hydrogen-bond acceptors (Lipinski definition) is 3. The van der Waals surface area contributed by atoms with Crippen LogP contribution in [0.25, 0.3) is 0 Å². The lowest BCUT2D eigenvalue weighted by Gasteiger charge is -2.17. The molecule has 0 saturated carbocycles. The van der Waals surface area contributed by atoms with Crippen LogP contribution >= 0.6 is 0 Å². The second-order valence-electron chi connectivity index (χ2n) is 4.78. The molecule has 0 spiro atoms. The van der Waals surface area contributed by atoms with Crippen LogP contribution in [0.1, 0.15) is 18.5 Å². The van der Waals surface area contributed by atoms with Crippen molar-refractivity contribution in [3.63, 3.8) is 0 Å². The molecule has 2 N–H and O–H groups in total. The third-order valence-corrected chi connectivity index (χ3v) is 3.30. The number of aryl methyl sites for hydroxylation is 1. The van der Waals surface area contributed by atoms with E-state index in [1.165, 1.54) is 31.6 Å². The molecule has 0 aliphatic carbocycles. The smallest absolute Gasteiger partial charge is 0.204 e. The summed E-state index contributed by atoms with van der Waals surface area (Å²) >= 11 is 0. The molecule has 1 aromatic carbocycles. The van der Waals surface area contributed by atoms with Crippen LogP contribution in [0.5, 0.6) is 0 Å². The number of aromatic nitrogens is 2. The number of H-pyrrole nitrogens is 1. The molecule has 18 heavy (non-hydrogen) atoms. The molecule has 0 amide bonds. The molecule has 0 bridgehead atoms. The Kier molecular flexibility index (Phi) is 2.92. The highest BCUT2D eigenvalue weighted by molar-refractivity contribution is 5.59. The predicted octanol–water partition coefficient (Wildman–Crippen LogP) is 3.06. The number of aromatic amines is 1. The summed E-state index contributed by atoms with van der Waals surface area (Å²) in [6.45, 7) is 4.36. The summed E-state index contributed by atoms with van der Waals surface area (Å²) in [5.74, 6) is 0.793. The number of nitrogens with one attached hydrogen (secondary N) is 2. The maximum atomic E-state index is 4.23. The summed E-state index contributed by atoms with van der Waals surface area (Å²) in [4.78, 5) is 9.83. The van der Waals surface area contributed by atoms with E-state index in [0.717, 1.165) is 17.3 Å². The predicted molar refractivity (Wildman–Crippen MR) is 74.5 cm³/mol. The van der Waals surface area contributed by atoms with E-state index in [1.807, 2.05) is 13.1 Å². The maximum Gasteiger partial charge on any atom is 0.204 e. The average Bonchev–Trinajstić information content (AvgIpc) is 3.02. The molecule has 3 rings (SSSR count). The number of anilines is 3. The Morgan fingerprint density at radius 3 is 2.50 bits per heavy atom. The highest BCUT2D eigenvalue weighted by Crippen LogP contribution is 2.23. The molecule has 0 radical (unpaired) electrons. The number of benzene rings is 1. The van der Waals surface area contributed by atoms with Gasteiger partial charge in [-0.25, -0.2) is 4.98 Å². The van der Waals surface area contributed by atoms with Crippen LogP contribution in [0.3, 0.4) is 0 Å². The quantitative estimate of drug-likeness (QED) is 0.869. The topological polar surface area (TPSA) is 44.0 Å². The van der Waals surface area contributed by atoms with Gasteiger partial charge in [-0.3, -0.25) is 0 Å². The van der Waals surface area contributed by atoms with Crippen molar-refractivity contribution in [2.24, 2.45) is 0 Å². The number of hydrogen-bond donors (Lipinski definition) is 2. The second-order valence-corrected chi connectivity index (χ2v) is 4.78. The van der Waals surface area contributed by atoms with Gasteiger partial charge in [0.15, 0.2) is 0 Å². The van der Waals surface area contributed by atoms with Crippen molar-refractivity contribution < 1.29 is 0 Å². The lowest BCUT2D eigenvalue weighted by atomic mass is 10.2. The van der Waals surface area contributed by atoms with Gasteiger partial charge in [0, 0.05) is 36.4 Å². The Morgan fingerprint density at radius 2 is 1.89 bits per heavy atom. The molecule has 0 unspecified atom stereocenters. The Bertz CT molecular complexity index is 509. The monoisotopic (exact) mass is 242 g/mol. The highest BCUT2D eigenvalue weighted by atomic mass is 15.1. The van der Waals surface area contributed by atoms with Crippen molar-refractivity contribution in [3.05, 3.63) is 36.2 Å². The Morgan fingerprint density at radius 1 is 1.17 bits per heavy atom. The van der Waals surface area contributed by atoms with Crippen LogP contribution in [0, 0.1) is 6.92 Å². The van der Waals surface area contributed by atoms with Crippen LogP contribution in [-0.2, 0) is 0 Å². The van der Waals surface area contributed by atoms with E-state index in [-0.39, 0.29) is 0 Å². The molecule has 1 saturated heterocycles. The van der Waals surface area contributed by atoms with Crippen molar-refractivity contribution in [3.8, 4) is 0 Å². The molecule has 1 aliphatic rings. The van der Waals surface area contributed by atoms with E-state index >= 15 is 0 Å². The Hall–Kier alpha value is -1.97. The Labute approximate surface area is 107 Å². The van der Waals surface area contributed by atoms with Gasteiger partial charge in [-0.1, -0.05) is 0 Å². The zero-order valence-electron chi connectivity index (χ0n) is 10.6. The van der Waals surface area contributed by atoms with Gasteiger partial charge in [0.05, 0.1) is 0 Å². The fourth-order valence-corrected chi connectivity index (χ4v) is 2.34. The van der Waals surface area contributed by atoms with Crippen molar-refractivity contribution in [2.75, 3.05) is 23.3 Å². The van der Waals surface area contributed by atoms with Crippen molar-refractivity contribution in [1.82, 2.24) is 9.97 Å². The van der Waals surface area contributed by atoms with E-state index < -0.39 is 0 Å². The molecule has 94 valence electrons. The minimum atomic E-state index is 0.793. The van der Waals surface area contributed by atoms with Crippen molar-refractivity contribution in [2.45, 2.75) is 19.8 Å². The van der Waals surface area contributed by atoms with Crippen molar-refractivity contribution >= 4 is 17.3 Å². The lowest BCUT2D eigenvalue weighted by Crippen LogP contribution is -2.17. The first kappa shape index (κ1) is 11.1. The first-order valence-electron chi connectivity index (χ1n) is 6.45. The molecule has 1 fully saturated rings. The van der Waals surface area contributed by atoms with Gasteiger partial charge in [0.1, 0.15) is 0 Å². The SMILES string of the molecule is Cc1cnc(Nc2ccc(N3CCCC3)cc2)[nH]1. The first-order chi connectivity index (χ1) is 8.81. The molecule has 1 aromatic heterocycles. The molecule has 2 heterocycles. The van der Waals surface area contributed by atoms with Gasteiger partial charge in [0.25, 0.3) is 0 Å².